The Kier molecular flexibility index (Phi) is 5.35. The van der Waals surface area contributed by atoms with E-state index in [-0.39, 0.29) is 36.0 Å². The molecule has 7 nitrogen and oxygen atoms in total. The number of aliphatic carboxylic acids is 1. The van der Waals surface area contributed by atoms with Gasteiger partial charge in [-0.05, 0) is 43.4 Å². The largest absolute Gasteiger partial charge is 0.481 e. The van der Waals surface area contributed by atoms with Crippen molar-refractivity contribution in [3.63, 3.8) is 0 Å². The van der Waals surface area contributed by atoms with E-state index >= 15 is 0 Å². The summed E-state index contributed by atoms with van der Waals surface area (Å²) in [6.45, 7) is 0. The number of hydrogen-bond acceptors (Lipinski definition) is 4. The van der Waals surface area contributed by atoms with Crippen LogP contribution >= 0.6 is 0 Å². The molecule has 0 spiro atoms. The van der Waals surface area contributed by atoms with Crippen LogP contribution < -0.4 is 10.6 Å². The van der Waals surface area contributed by atoms with Crippen LogP contribution in [0.1, 0.15) is 37.7 Å². The van der Waals surface area contributed by atoms with Gasteiger partial charge in [0.05, 0.1) is 11.8 Å². The molecule has 3 amide bonds. The summed E-state index contributed by atoms with van der Waals surface area (Å²) >= 11 is 0. The molecular formula is C19H22N2O5. The van der Waals surface area contributed by atoms with Gasteiger partial charge in [0.25, 0.3) is 0 Å². The zero-order valence-corrected chi connectivity index (χ0v) is 14.4. The van der Waals surface area contributed by atoms with Crippen LogP contribution in [0.25, 0.3) is 0 Å². The number of carboxylic acid groups (broad SMARTS) is 1. The highest BCUT2D eigenvalue weighted by Gasteiger charge is 2.31. The van der Waals surface area contributed by atoms with Crippen molar-refractivity contribution in [1.82, 2.24) is 5.32 Å². The molecule has 3 unspecified atom stereocenters. The lowest BCUT2D eigenvalue weighted by molar-refractivity contribution is -0.143. The third-order valence-corrected chi connectivity index (χ3v) is 5.16. The molecule has 0 aromatic heterocycles. The van der Waals surface area contributed by atoms with Crippen molar-refractivity contribution < 1.29 is 24.3 Å². The zero-order valence-electron chi connectivity index (χ0n) is 14.4. The first-order chi connectivity index (χ1) is 12.4. The van der Waals surface area contributed by atoms with Crippen LogP contribution in [-0.2, 0) is 25.6 Å². The van der Waals surface area contributed by atoms with Gasteiger partial charge in [0.15, 0.2) is 0 Å². The number of hydrogen-bond donors (Lipinski definition) is 3. The molecule has 0 radical (unpaired) electrons. The topological polar surface area (TPSA) is 113 Å². The lowest BCUT2D eigenvalue weighted by Crippen LogP contribution is -2.30. The maximum Gasteiger partial charge on any atom is 0.306 e. The number of carboxylic acids is 1. The minimum Gasteiger partial charge on any atom is -0.481 e. The summed E-state index contributed by atoms with van der Waals surface area (Å²) in [4.78, 5) is 46.4. The number of amides is 3. The summed E-state index contributed by atoms with van der Waals surface area (Å²) < 4.78 is 0. The number of rotatable bonds is 5. The maximum atomic E-state index is 12.4. The Balaban J connectivity index is 1.55. The van der Waals surface area contributed by atoms with Crippen molar-refractivity contribution in [2.45, 2.75) is 38.5 Å². The van der Waals surface area contributed by atoms with Crippen LogP contribution in [-0.4, -0.2) is 28.8 Å². The molecule has 1 aromatic rings. The van der Waals surface area contributed by atoms with Crippen molar-refractivity contribution in [3.05, 3.63) is 29.8 Å². The van der Waals surface area contributed by atoms with E-state index in [1.807, 2.05) is 12.1 Å². The number of carbonyl (C=O) groups excluding carboxylic acids is 3. The van der Waals surface area contributed by atoms with Crippen molar-refractivity contribution in [1.29, 1.82) is 0 Å². The summed E-state index contributed by atoms with van der Waals surface area (Å²) in [6.07, 6.45) is 3.16. The van der Waals surface area contributed by atoms with Crippen LogP contribution in [0.3, 0.4) is 0 Å². The Hall–Kier alpha value is -2.70. The zero-order chi connectivity index (χ0) is 18.7. The predicted molar refractivity (Wildman–Crippen MR) is 93.1 cm³/mol. The number of nitrogens with one attached hydrogen (secondary N) is 2. The SMILES string of the molecule is O=C1CC(Cc2ccc(NC(=O)C3CCCC(C(=O)O)C3)cc2)C(=O)N1. The van der Waals surface area contributed by atoms with Crippen molar-refractivity contribution in [3.8, 4) is 0 Å². The normalized spacial score (nSPS) is 25.6. The number of imide groups is 1. The first-order valence-electron chi connectivity index (χ1n) is 8.88. The molecule has 2 aliphatic rings. The standard InChI is InChI=1S/C19H22N2O5/c22-16-10-14(18(24)21-16)8-11-4-6-15(7-5-11)20-17(23)12-2-1-3-13(9-12)19(25)26/h4-7,12-14H,1-3,8-10H2,(H,20,23)(H,25,26)(H,21,22,24). The van der Waals surface area contributed by atoms with Crippen LogP contribution in [0, 0.1) is 17.8 Å². The van der Waals surface area contributed by atoms with E-state index in [2.05, 4.69) is 10.6 Å². The second-order valence-electron chi connectivity index (χ2n) is 7.10. The number of benzene rings is 1. The van der Waals surface area contributed by atoms with E-state index in [0.29, 0.717) is 31.4 Å². The molecule has 3 atom stereocenters. The third-order valence-electron chi connectivity index (χ3n) is 5.16. The first kappa shape index (κ1) is 18.1. The molecule has 0 bridgehead atoms. The second kappa shape index (κ2) is 7.68. The molecular weight excluding hydrogens is 336 g/mol. The second-order valence-corrected chi connectivity index (χ2v) is 7.10. The van der Waals surface area contributed by atoms with Crippen LogP contribution in [0.5, 0.6) is 0 Å². The van der Waals surface area contributed by atoms with E-state index in [0.717, 1.165) is 12.0 Å². The van der Waals surface area contributed by atoms with E-state index in [9.17, 15) is 19.2 Å². The van der Waals surface area contributed by atoms with E-state index in [4.69, 9.17) is 5.11 Å². The summed E-state index contributed by atoms with van der Waals surface area (Å²) in [5.74, 6) is -2.52. The molecule has 2 fully saturated rings. The van der Waals surface area contributed by atoms with Gasteiger partial charge in [-0.2, -0.15) is 0 Å². The molecule has 1 saturated carbocycles. The highest BCUT2D eigenvalue weighted by atomic mass is 16.4. The van der Waals surface area contributed by atoms with Gasteiger partial charge in [-0.25, -0.2) is 0 Å². The lowest BCUT2D eigenvalue weighted by Gasteiger charge is -2.25. The van der Waals surface area contributed by atoms with Crippen molar-refractivity contribution in [2.75, 3.05) is 5.32 Å². The Morgan fingerprint density at radius 3 is 2.42 bits per heavy atom. The van der Waals surface area contributed by atoms with Gasteiger partial charge in [-0.1, -0.05) is 18.6 Å². The van der Waals surface area contributed by atoms with Gasteiger partial charge >= 0.3 is 5.97 Å². The van der Waals surface area contributed by atoms with Crippen LogP contribution in [0.15, 0.2) is 24.3 Å². The van der Waals surface area contributed by atoms with Gasteiger partial charge in [0.2, 0.25) is 17.7 Å². The summed E-state index contributed by atoms with van der Waals surface area (Å²) in [7, 11) is 0. The molecule has 1 aliphatic carbocycles. The fourth-order valence-electron chi connectivity index (χ4n) is 3.68. The van der Waals surface area contributed by atoms with Gasteiger partial charge in [-0.3, -0.25) is 24.5 Å². The van der Waals surface area contributed by atoms with E-state index in [1.54, 1.807) is 12.1 Å². The smallest absolute Gasteiger partial charge is 0.306 e. The quantitative estimate of drug-likeness (QED) is 0.694. The molecule has 1 saturated heterocycles. The molecule has 1 aromatic carbocycles. The molecule has 1 aliphatic heterocycles. The lowest BCUT2D eigenvalue weighted by atomic mass is 9.81. The average molecular weight is 358 g/mol. The summed E-state index contributed by atoms with van der Waals surface area (Å²) in [5, 5.41) is 14.3. The van der Waals surface area contributed by atoms with Gasteiger partial charge in [0, 0.05) is 18.0 Å². The number of anilines is 1. The Bertz CT molecular complexity index is 728. The van der Waals surface area contributed by atoms with Crippen molar-refractivity contribution in [2.24, 2.45) is 17.8 Å². The fraction of sp³-hybridized carbons (Fsp3) is 0.474. The molecule has 3 rings (SSSR count). The molecule has 26 heavy (non-hydrogen) atoms. The molecule has 7 heteroatoms. The van der Waals surface area contributed by atoms with Crippen LogP contribution in [0.4, 0.5) is 5.69 Å². The molecule has 138 valence electrons. The fourth-order valence-corrected chi connectivity index (χ4v) is 3.68. The van der Waals surface area contributed by atoms with Gasteiger partial charge < -0.3 is 10.4 Å². The Labute approximate surface area is 151 Å². The van der Waals surface area contributed by atoms with Gasteiger partial charge in [0.1, 0.15) is 0 Å². The van der Waals surface area contributed by atoms with Gasteiger partial charge in [-0.15, -0.1) is 0 Å². The summed E-state index contributed by atoms with van der Waals surface area (Å²) in [5.41, 5.74) is 1.56. The summed E-state index contributed by atoms with van der Waals surface area (Å²) in [6, 6.07) is 7.18. The van der Waals surface area contributed by atoms with E-state index in [1.165, 1.54) is 0 Å². The third kappa shape index (κ3) is 4.28. The van der Waals surface area contributed by atoms with E-state index < -0.39 is 11.9 Å². The predicted octanol–water partition coefficient (Wildman–Crippen LogP) is 1.72. The Morgan fingerprint density at radius 1 is 1.12 bits per heavy atom. The number of carbonyl (C=O) groups is 4. The first-order valence-corrected chi connectivity index (χ1v) is 8.88. The maximum absolute atomic E-state index is 12.4. The Morgan fingerprint density at radius 2 is 1.81 bits per heavy atom. The monoisotopic (exact) mass is 358 g/mol. The van der Waals surface area contributed by atoms with Crippen molar-refractivity contribution >= 4 is 29.4 Å². The van der Waals surface area contributed by atoms with Crippen LogP contribution in [0.2, 0.25) is 0 Å². The average Bonchev–Trinajstić information content (AvgIpc) is 2.94. The highest BCUT2D eigenvalue weighted by molar-refractivity contribution is 6.03. The molecule has 1 heterocycles. The molecule has 3 N–H and O–H groups in total. The minimum absolute atomic E-state index is 0.149. The highest BCUT2D eigenvalue weighted by Crippen LogP contribution is 2.30. The minimum atomic E-state index is -0.832.